The molecule has 0 aromatic heterocycles. The zero-order valence-corrected chi connectivity index (χ0v) is 25.2. The molecule has 228 valence electrons. The number of nitrogens with zero attached hydrogens (tertiary/aromatic N) is 2. The predicted molar refractivity (Wildman–Crippen MR) is 153 cm³/mol. The summed E-state index contributed by atoms with van der Waals surface area (Å²) in [5.41, 5.74) is 0. The Kier molecular flexibility index (Phi) is 20.0. The lowest BCUT2D eigenvalue weighted by Gasteiger charge is -2.35. The van der Waals surface area contributed by atoms with Crippen molar-refractivity contribution in [3.8, 4) is 0 Å². The molecule has 0 amide bonds. The van der Waals surface area contributed by atoms with Gasteiger partial charge < -0.3 is 40.3 Å². The summed E-state index contributed by atoms with van der Waals surface area (Å²) < 4.78 is 4.71. The number of epoxide rings is 1. The second-order valence-corrected chi connectivity index (χ2v) is 11.9. The molecule has 5 unspecified atom stereocenters. The minimum Gasteiger partial charge on any atom is -0.392 e. The van der Waals surface area contributed by atoms with E-state index in [4.69, 9.17) is 4.74 Å². The molecule has 0 radical (unpaired) electrons. The first-order chi connectivity index (χ1) is 18.0. The Morgan fingerprint density at radius 3 is 1.21 bits per heavy atom. The Bertz CT molecular complexity index is 448. The quantitative estimate of drug-likeness (QED) is 0.161. The highest BCUT2D eigenvalue weighted by molar-refractivity contribution is 4.74. The second kappa shape index (κ2) is 21.4. The number of piperidine rings is 1. The maximum Gasteiger partial charge on any atom is 0.127 e. The first kappa shape index (κ1) is 35.6. The Morgan fingerprint density at radius 2 is 1.03 bits per heavy atom. The maximum atomic E-state index is 9.25. The van der Waals surface area contributed by atoms with Gasteiger partial charge in [-0.2, -0.15) is 0 Å². The van der Waals surface area contributed by atoms with Crippen LogP contribution in [0.2, 0.25) is 0 Å². The molecule has 4 fully saturated rings. The summed E-state index contributed by atoms with van der Waals surface area (Å²) in [6, 6.07) is 0. The van der Waals surface area contributed by atoms with E-state index >= 15 is 0 Å². The zero-order valence-electron chi connectivity index (χ0n) is 25.2. The molecular formula is C28H63N5O5+2. The van der Waals surface area contributed by atoms with Crippen molar-refractivity contribution in [1.82, 2.24) is 15.1 Å². The molecule has 0 aliphatic carbocycles. The van der Waals surface area contributed by atoms with Gasteiger partial charge in [0.05, 0.1) is 24.9 Å². The summed E-state index contributed by atoms with van der Waals surface area (Å²) in [4.78, 5) is 7.52. The molecule has 10 nitrogen and oxygen atoms in total. The third-order valence-electron chi connectivity index (χ3n) is 7.05. The van der Waals surface area contributed by atoms with Crippen LogP contribution >= 0.6 is 0 Å². The first-order valence-corrected chi connectivity index (χ1v) is 15.2. The number of nitrogens with one attached hydrogen (secondary N) is 3. The third-order valence-corrected chi connectivity index (χ3v) is 7.05. The topological polar surface area (TPSA) is 121 Å². The maximum absolute atomic E-state index is 9.25. The molecule has 0 aromatic rings. The van der Waals surface area contributed by atoms with Crippen LogP contribution in [-0.2, 0) is 4.74 Å². The molecule has 5 atom stereocenters. The average molecular weight is 550 g/mol. The van der Waals surface area contributed by atoms with E-state index in [1.807, 2.05) is 27.7 Å². The molecule has 4 heterocycles. The van der Waals surface area contributed by atoms with E-state index in [2.05, 4.69) is 22.0 Å². The van der Waals surface area contributed by atoms with E-state index in [-0.39, 0.29) is 24.4 Å². The molecule has 0 bridgehead atoms. The Balaban J connectivity index is 0.000000280. The first-order valence-electron chi connectivity index (χ1n) is 15.2. The summed E-state index contributed by atoms with van der Waals surface area (Å²) in [6.45, 7) is 24.6. The SMILES string of the molecule is C1CCNCC1.CC(O)CN1CCN(CC(C)O)CC1.CC(O)C[NH+]1CC[NH+](CC(C)O)CC1.CC1CO1. The highest BCUT2D eigenvalue weighted by Gasteiger charge is 2.24. The zero-order chi connectivity index (χ0) is 28.3. The van der Waals surface area contributed by atoms with Gasteiger partial charge in [-0.25, -0.2) is 0 Å². The van der Waals surface area contributed by atoms with Crippen molar-refractivity contribution >= 4 is 0 Å². The summed E-state index contributed by atoms with van der Waals surface area (Å²) in [5.74, 6) is 0. The molecular weight excluding hydrogens is 486 g/mol. The molecule has 4 aliphatic heterocycles. The fourth-order valence-corrected chi connectivity index (χ4v) is 5.00. The van der Waals surface area contributed by atoms with Crippen LogP contribution in [-0.4, -0.2) is 159 Å². The normalized spacial score (nSPS) is 29.1. The van der Waals surface area contributed by atoms with Crippen LogP contribution in [0.3, 0.4) is 0 Å². The molecule has 38 heavy (non-hydrogen) atoms. The molecule has 0 aromatic carbocycles. The Labute approximate surface area is 232 Å². The van der Waals surface area contributed by atoms with E-state index in [0.717, 1.165) is 85.1 Å². The Hall–Kier alpha value is -0.400. The van der Waals surface area contributed by atoms with Gasteiger partial charge in [-0.05, 0) is 60.5 Å². The molecule has 0 saturated carbocycles. The van der Waals surface area contributed by atoms with Crippen LogP contribution in [0.15, 0.2) is 0 Å². The lowest BCUT2D eigenvalue weighted by molar-refractivity contribution is -1.01. The van der Waals surface area contributed by atoms with Gasteiger partial charge in [0.25, 0.3) is 0 Å². The van der Waals surface area contributed by atoms with Crippen LogP contribution in [0.4, 0.5) is 0 Å². The monoisotopic (exact) mass is 549 g/mol. The van der Waals surface area contributed by atoms with E-state index in [0.29, 0.717) is 6.10 Å². The lowest BCUT2D eigenvalue weighted by atomic mass is 10.2. The van der Waals surface area contributed by atoms with Crippen LogP contribution in [0.1, 0.15) is 53.9 Å². The number of quaternary nitrogens is 2. The molecule has 0 spiro atoms. The average Bonchev–Trinajstić information content (AvgIpc) is 3.65. The molecule has 4 aliphatic rings. The van der Waals surface area contributed by atoms with Crippen LogP contribution in [0, 0.1) is 0 Å². The van der Waals surface area contributed by atoms with E-state index in [1.165, 1.54) is 42.2 Å². The van der Waals surface area contributed by atoms with Crippen molar-refractivity contribution < 1.29 is 35.0 Å². The number of ether oxygens (including phenoxy) is 1. The van der Waals surface area contributed by atoms with Gasteiger partial charge in [0, 0.05) is 39.3 Å². The summed E-state index contributed by atoms with van der Waals surface area (Å²) >= 11 is 0. The number of β-amino-alcohol motifs (C(OH)–C–C–N with tert-alkyl or cyclic N) is 2. The largest absolute Gasteiger partial charge is 0.392 e. The van der Waals surface area contributed by atoms with Gasteiger partial charge in [-0.3, -0.25) is 9.80 Å². The minimum absolute atomic E-state index is 0.191. The van der Waals surface area contributed by atoms with Crippen LogP contribution in [0.25, 0.3) is 0 Å². The summed E-state index contributed by atoms with van der Waals surface area (Å²) in [7, 11) is 0. The summed E-state index contributed by atoms with van der Waals surface area (Å²) in [6.07, 6.45) is 3.94. The molecule has 4 saturated heterocycles. The number of piperazine rings is 2. The van der Waals surface area contributed by atoms with Gasteiger partial charge in [-0.15, -0.1) is 0 Å². The van der Waals surface area contributed by atoms with E-state index < -0.39 is 0 Å². The molecule has 7 N–H and O–H groups in total. The van der Waals surface area contributed by atoms with Crippen molar-refractivity contribution in [2.24, 2.45) is 0 Å². The number of aliphatic hydroxyl groups excluding tert-OH is 4. The van der Waals surface area contributed by atoms with Crippen molar-refractivity contribution in [1.29, 1.82) is 0 Å². The van der Waals surface area contributed by atoms with Crippen molar-refractivity contribution in [2.45, 2.75) is 84.4 Å². The van der Waals surface area contributed by atoms with Crippen molar-refractivity contribution in [3.05, 3.63) is 0 Å². The van der Waals surface area contributed by atoms with Gasteiger partial charge in [0.1, 0.15) is 51.5 Å². The minimum atomic E-state index is -0.238. The second-order valence-electron chi connectivity index (χ2n) is 11.9. The van der Waals surface area contributed by atoms with Crippen molar-refractivity contribution in [2.75, 3.05) is 98.2 Å². The standard InChI is InChI=1S/2C10H22N2O2.C5H11N.C3H6O/c2*1-9(13)7-11-3-5-12(6-4-11)8-10(2)14;1-2-4-6-5-3-1;1-3-2-4-3/h2*9-10,13-14H,3-8H2,1-2H3;6H,1-5H2;3H,2H2,1H3/p+2. The van der Waals surface area contributed by atoms with Crippen LogP contribution in [0.5, 0.6) is 0 Å². The van der Waals surface area contributed by atoms with Gasteiger partial charge in [0.15, 0.2) is 0 Å². The van der Waals surface area contributed by atoms with E-state index in [1.54, 1.807) is 0 Å². The number of hydrogen-bond acceptors (Lipinski definition) is 8. The fourth-order valence-electron chi connectivity index (χ4n) is 5.00. The highest BCUT2D eigenvalue weighted by Crippen LogP contribution is 2.04. The highest BCUT2D eigenvalue weighted by atomic mass is 16.6. The van der Waals surface area contributed by atoms with Crippen molar-refractivity contribution in [3.63, 3.8) is 0 Å². The Morgan fingerprint density at radius 1 is 0.684 bits per heavy atom. The number of aliphatic hydroxyl groups is 4. The smallest absolute Gasteiger partial charge is 0.127 e. The van der Waals surface area contributed by atoms with Gasteiger partial charge in [-0.1, -0.05) is 6.42 Å². The lowest BCUT2D eigenvalue weighted by Crippen LogP contribution is -3.28. The predicted octanol–water partition coefficient (Wildman–Crippen LogP) is -2.94. The number of rotatable bonds is 8. The summed E-state index contributed by atoms with van der Waals surface area (Å²) in [5, 5.41) is 40.2. The van der Waals surface area contributed by atoms with Gasteiger partial charge >= 0.3 is 0 Å². The number of hydrogen-bond donors (Lipinski definition) is 7. The fraction of sp³-hybridized carbons (Fsp3) is 1.00. The molecule has 4 rings (SSSR count). The van der Waals surface area contributed by atoms with Crippen LogP contribution < -0.4 is 15.1 Å². The third kappa shape index (κ3) is 21.4. The van der Waals surface area contributed by atoms with Gasteiger partial charge in [0.2, 0.25) is 0 Å². The molecule has 10 heteroatoms. The van der Waals surface area contributed by atoms with E-state index in [9.17, 15) is 20.4 Å².